The molecule has 29 heavy (non-hydrogen) atoms. The maximum atomic E-state index is 14.6. The fourth-order valence-electron chi connectivity index (χ4n) is 4.53. The van der Waals surface area contributed by atoms with Gasteiger partial charge >= 0.3 is 0 Å². The van der Waals surface area contributed by atoms with E-state index in [4.69, 9.17) is 0 Å². The quantitative estimate of drug-likeness (QED) is 0.466. The Morgan fingerprint density at radius 2 is 1.52 bits per heavy atom. The van der Waals surface area contributed by atoms with Gasteiger partial charge in [-0.3, -0.25) is 0 Å². The summed E-state index contributed by atoms with van der Waals surface area (Å²) < 4.78 is 29.2. The summed E-state index contributed by atoms with van der Waals surface area (Å²) in [4.78, 5) is 0. The van der Waals surface area contributed by atoms with Crippen LogP contribution in [0.15, 0.2) is 36.4 Å². The number of halogens is 2. The summed E-state index contributed by atoms with van der Waals surface area (Å²) in [6, 6.07) is 10.7. The fraction of sp³-hybridized carbons (Fsp3) is 0.481. The van der Waals surface area contributed by atoms with E-state index in [2.05, 4.69) is 32.6 Å². The zero-order chi connectivity index (χ0) is 20.8. The second-order valence-electron chi connectivity index (χ2n) is 8.61. The molecule has 0 spiro atoms. The zero-order valence-corrected chi connectivity index (χ0v) is 17.9. The molecule has 0 bridgehead atoms. The highest BCUT2D eigenvalue weighted by Gasteiger charge is 2.25. The number of rotatable bonds is 5. The molecule has 0 aromatic heterocycles. The van der Waals surface area contributed by atoms with Crippen LogP contribution in [0.25, 0.3) is 0 Å². The standard InChI is InChI=1S/C27H32F2/c1-4-20-6-8-22(9-7-20)12-15-25-26(28)17-23(18-27(25)29)16-19(3)24-13-10-21(5-2)11-14-24/h6-9,17-19,21,24H,4-5,10-11,13-14,16H2,1-3H3. The molecule has 2 aromatic carbocycles. The summed E-state index contributed by atoms with van der Waals surface area (Å²) in [5, 5.41) is 0. The van der Waals surface area contributed by atoms with Gasteiger partial charge < -0.3 is 0 Å². The van der Waals surface area contributed by atoms with Crippen molar-refractivity contribution in [2.45, 2.75) is 65.7 Å². The number of aryl methyl sites for hydroxylation is 1. The lowest BCUT2D eigenvalue weighted by molar-refractivity contribution is 0.210. The Bertz CT molecular complexity index is 839. The minimum atomic E-state index is -0.556. The van der Waals surface area contributed by atoms with E-state index in [1.807, 2.05) is 24.3 Å². The number of benzene rings is 2. The average molecular weight is 395 g/mol. The molecule has 1 aliphatic carbocycles. The Labute approximate surface area is 174 Å². The van der Waals surface area contributed by atoms with Crippen LogP contribution in [0, 0.1) is 41.2 Å². The Kier molecular flexibility index (Phi) is 7.48. The van der Waals surface area contributed by atoms with Crippen molar-refractivity contribution in [3.8, 4) is 11.8 Å². The van der Waals surface area contributed by atoms with Crippen molar-refractivity contribution in [3.63, 3.8) is 0 Å². The number of hydrogen-bond acceptors (Lipinski definition) is 0. The van der Waals surface area contributed by atoms with Crippen molar-refractivity contribution < 1.29 is 8.78 Å². The molecule has 154 valence electrons. The molecule has 2 heteroatoms. The molecule has 0 saturated heterocycles. The largest absolute Gasteiger partial charge is 0.206 e. The average Bonchev–Trinajstić information content (AvgIpc) is 2.73. The lowest BCUT2D eigenvalue weighted by Crippen LogP contribution is -2.21. The molecule has 1 atom stereocenters. The van der Waals surface area contributed by atoms with Gasteiger partial charge in [0, 0.05) is 5.56 Å². The Morgan fingerprint density at radius 3 is 2.07 bits per heavy atom. The summed E-state index contributed by atoms with van der Waals surface area (Å²) in [6.45, 7) is 6.58. The molecule has 1 unspecified atom stereocenters. The van der Waals surface area contributed by atoms with E-state index in [0.29, 0.717) is 11.8 Å². The molecular weight excluding hydrogens is 362 g/mol. The first-order valence-electron chi connectivity index (χ1n) is 11.1. The number of hydrogen-bond donors (Lipinski definition) is 0. The summed E-state index contributed by atoms with van der Waals surface area (Å²) in [7, 11) is 0. The van der Waals surface area contributed by atoms with Gasteiger partial charge in [-0.15, -0.1) is 0 Å². The molecule has 1 aliphatic rings. The van der Waals surface area contributed by atoms with E-state index < -0.39 is 11.6 Å². The normalized spacial score (nSPS) is 20.0. The molecule has 0 heterocycles. The van der Waals surface area contributed by atoms with Gasteiger partial charge in [0.1, 0.15) is 11.6 Å². The summed E-state index contributed by atoms with van der Waals surface area (Å²) in [5.41, 5.74) is 2.59. The first kappa shape index (κ1) is 21.6. The third-order valence-corrected chi connectivity index (χ3v) is 6.63. The lowest BCUT2D eigenvalue weighted by Gasteiger charge is -2.32. The van der Waals surface area contributed by atoms with Gasteiger partial charge in [0.25, 0.3) is 0 Å². The van der Waals surface area contributed by atoms with Gasteiger partial charge in [-0.2, -0.15) is 0 Å². The fourth-order valence-corrected chi connectivity index (χ4v) is 4.53. The van der Waals surface area contributed by atoms with Crippen LogP contribution in [-0.4, -0.2) is 0 Å². The van der Waals surface area contributed by atoms with Crippen LogP contribution in [0.4, 0.5) is 8.78 Å². The van der Waals surface area contributed by atoms with Crippen molar-refractivity contribution in [3.05, 3.63) is 70.3 Å². The Balaban J connectivity index is 1.68. The molecule has 3 rings (SSSR count). The molecule has 1 fully saturated rings. The van der Waals surface area contributed by atoms with Crippen molar-refractivity contribution in [1.29, 1.82) is 0 Å². The predicted octanol–water partition coefficient (Wildman–Crippen LogP) is 7.32. The lowest BCUT2D eigenvalue weighted by atomic mass is 9.74. The second kappa shape index (κ2) is 10.1. The van der Waals surface area contributed by atoms with Gasteiger partial charge in [0.05, 0.1) is 5.56 Å². The Morgan fingerprint density at radius 1 is 0.897 bits per heavy atom. The highest BCUT2D eigenvalue weighted by molar-refractivity contribution is 5.45. The molecule has 0 N–H and O–H groups in total. The SMILES string of the molecule is CCc1ccc(C#Cc2c(F)cc(CC(C)C3CCC(CC)CC3)cc2F)cc1. The molecule has 0 amide bonds. The van der Waals surface area contributed by atoms with Crippen molar-refractivity contribution >= 4 is 0 Å². The third kappa shape index (κ3) is 5.69. The van der Waals surface area contributed by atoms with Gasteiger partial charge in [0.2, 0.25) is 0 Å². The topological polar surface area (TPSA) is 0 Å². The van der Waals surface area contributed by atoms with Gasteiger partial charge in [0.15, 0.2) is 0 Å². The van der Waals surface area contributed by atoms with Gasteiger partial charge in [-0.05, 0) is 78.8 Å². The second-order valence-corrected chi connectivity index (χ2v) is 8.61. The van der Waals surface area contributed by atoms with Gasteiger partial charge in [-0.1, -0.05) is 64.0 Å². The molecule has 0 radical (unpaired) electrons. The molecular formula is C27H32F2. The zero-order valence-electron chi connectivity index (χ0n) is 17.9. The summed E-state index contributed by atoms with van der Waals surface area (Å²) in [6.07, 6.45) is 8.02. The van der Waals surface area contributed by atoms with Crippen LogP contribution in [0.2, 0.25) is 0 Å². The third-order valence-electron chi connectivity index (χ3n) is 6.63. The van der Waals surface area contributed by atoms with Crippen molar-refractivity contribution in [1.82, 2.24) is 0 Å². The van der Waals surface area contributed by atoms with Gasteiger partial charge in [-0.25, -0.2) is 8.78 Å². The van der Waals surface area contributed by atoms with Crippen LogP contribution < -0.4 is 0 Å². The summed E-state index contributed by atoms with van der Waals surface area (Å²) >= 11 is 0. The van der Waals surface area contributed by atoms with Crippen molar-refractivity contribution in [2.75, 3.05) is 0 Å². The molecule has 1 saturated carbocycles. The maximum absolute atomic E-state index is 14.6. The van der Waals surface area contributed by atoms with E-state index in [-0.39, 0.29) is 5.56 Å². The van der Waals surface area contributed by atoms with E-state index in [0.717, 1.165) is 29.9 Å². The first-order chi connectivity index (χ1) is 14.0. The Hall–Kier alpha value is -2.14. The van der Waals surface area contributed by atoms with Crippen LogP contribution in [0.3, 0.4) is 0 Å². The van der Waals surface area contributed by atoms with Crippen molar-refractivity contribution in [2.24, 2.45) is 17.8 Å². The van der Waals surface area contributed by atoms with E-state index >= 15 is 0 Å². The van der Waals surface area contributed by atoms with E-state index in [1.54, 1.807) is 0 Å². The van der Waals surface area contributed by atoms with E-state index in [9.17, 15) is 8.78 Å². The highest BCUT2D eigenvalue weighted by Crippen LogP contribution is 2.36. The minimum absolute atomic E-state index is 0.135. The first-order valence-corrected chi connectivity index (χ1v) is 11.1. The van der Waals surface area contributed by atoms with Crippen LogP contribution in [0.1, 0.15) is 75.1 Å². The van der Waals surface area contributed by atoms with Crippen LogP contribution >= 0.6 is 0 Å². The predicted molar refractivity (Wildman–Crippen MR) is 117 cm³/mol. The smallest absolute Gasteiger partial charge is 0.142 e. The maximum Gasteiger partial charge on any atom is 0.142 e. The summed E-state index contributed by atoms with van der Waals surface area (Å²) in [5.74, 6) is 6.44. The monoisotopic (exact) mass is 394 g/mol. The van der Waals surface area contributed by atoms with Crippen LogP contribution in [0.5, 0.6) is 0 Å². The highest BCUT2D eigenvalue weighted by atomic mass is 19.1. The molecule has 0 aliphatic heterocycles. The molecule has 2 aromatic rings. The minimum Gasteiger partial charge on any atom is -0.206 e. The van der Waals surface area contributed by atoms with Crippen LogP contribution in [-0.2, 0) is 12.8 Å². The van der Waals surface area contributed by atoms with E-state index in [1.165, 1.54) is 49.8 Å². The molecule has 0 nitrogen and oxygen atoms in total.